The van der Waals surface area contributed by atoms with Crippen LogP contribution < -0.4 is 4.72 Å². The number of nitrogens with zero attached hydrogens (tertiary/aromatic N) is 1. The van der Waals surface area contributed by atoms with Crippen LogP contribution >= 0.6 is 11.8 Å². The molecule has 5 nitrogen and oxygen atoms in total. The Morgan fingerprint density at radius 3 is 2.58 bits per heavy atom. The third-order valence-corrected chi connectivity index (χ3v) is 5.36. The Bertz CT molecular complexity index is 868. The van der Waals surface area contributed by atoms with Crippen molar-refractivity contribution < 1.29 is 26.4 Å². The number of hydrogen-bond acceptors (Lipinski definition) is 5. The maximum Gasteiger partial charge on any atom is 0.416 e. The minimum absolute atomic E-state index is 0.151. The van der Waals surface area contributed by atoms with Gasteiger partial charge >= 0.3 is 6.18 Å². The molecule has 0 aliphatic heterocycles. The fraction of sp³-hybridized carbons (Fsp3) is 0.143. The van der Waals surface area contributed by atoms with Crippen molar-refractivity contribution in [3.05, 3.63) is 48.3 Å². The quantitative estimate of drug-likeness (QED) is 0.888. The predicted molar refractivity (Wildman–Crippen MR) is 80.8 cm³/mol. The van der Waals surface area contributed by atoms with Crippen LogP contribution in [0.5, 0.6) is 0 Å². The molecule has 0 unspecified atom stereocenters. The molecule has 1 aromatic carbocycles. The van der Waals surface area contributed by atoms with Gasteiger partial charge in [0.1, 0.15) is 4.90 Å². The molecule has 0 bridgehead atoms. The molecule has 0 atom stereocenters. The first-order valence-electron chi connectivity index (χ1n) is 6.42. The van der Waals surface area contributed by atoms with Crippen molar-refractivity contribution in [2.75, 3.05) is 0 Å². The van der Waals surface area contributed by atoms with Crippen LogP contribution in [-0.2, 0) is 21.0 Å². The number of benzene rings is 1. The molecule has 128 valence electrons. The summed E-state index contributed by atoms with van der Waals surface area (Å²) in [6.45, 7) is 1.04. The van der Waals surface area contributed by atoms with E-state index in [-0.39, 0.29) is 14.7 Å². The number of alkyl halides is 3. The minimum atomic E-state index is -4.50. The van der Waals surface area contributed by atoms with E-state index in [1.165, 1.54) is 24.4 Å². The lowest BCUT2D eigenvalue weighted by Gasteiger charge is -2.11. The highest BCUT2D eigenvalue weighted by atomic mass is 32.2. The summed E-state index contributed by atoms with van der Waals surface area (Å²) in [5.74, 6) is -0.783. The molecular weight excluding hydrogens is 365 g/mol. The molecule has 1 heterocycles. The summed E-state index contributed by atoms with van der Waals surface area (Å²) in [7, 11) is -4.15. The average molecular weight is 376 g/mol. The van der Waals surface area contributed by atoms with E-state index in [9.17, 15) is 26.4 Å². The molecule has 2 rings (SSSR count). The van der Waals surface area contributed by atoms with E-state index in [4.69, 9.17) is 0 Å². The van der Waals surface area contributed by atoms with Gasteiger partial charge < -0.3 is 0 Å². The highest BCUT2D eigenvalue weighted by Crippen LogP contribution is 2.36. The summed E-state index contributed by atoms with van der Waals surface area (Å²) in [4.78, 5) is 14.8. The van der Waals surface area contributed by atoms with E-state index in [1.54, 1.807) is 4.72 Å². The zero-order valence-electron chi connectivity index (χ0n) is 12.2. The lowest BCUT2D eigenvalue weighted by molar-refractivity contribution is -0.137. The normalized spacial score (nSPS) is 12.0. The molecule has 2 aromatic rings. The van der Waals surface area contributed by atoms with Gasteiger partial charge in [0, 0.05) is 29.1 Å². The maximum atomic E-state index is 12.8. The van der Waals surface area contributed by atoms with Gasteiger partial charge in [-0.2, -0.15) is 13.2 Å². The number of aromatic nitrogens is 1. The average Bonchev–Trinajstić information content (AvgIpc) is 2.46. The monoisotopic (exact) mass is 376 g/mol. The van der Waals surface area contributed by atoms with Gasteiger partial charge in [0.15, 0.2) is 0 Å². The smallest absolute Gasteiger partial charge is 0.274 e. The first-order chi connectivity index (χ1) is 11.1. The molecule has 0 fully saturated rings. The summed E-state index contributed by atoms with van der Waals surface area (Å²) in [5, 5.41) is 0. The van der Waals surface area contributed by atoms with Crippen molar-refractivity contribution in [3.63, 3.8) is 0 Å². The molecule has 24 heavy (non-hydrogen) atoms. The third-order valence-electron chi connectivity index (χ3n) is 2.70. The Balaban J connectivity index is 2.40. The van der Waals surface area contributed by atoms with Gasteiger partial charge in [-0.05, 0) is 24.3 Å². The van der Waals surface area contributed by atoms with E-state index >= 15 is 0 Å². The second-order valence-corrected chi connectivity index (χ2v) is 7.38. The van der Waals surface area contributed by atoms with Gasteiger partial charge in [0.05, 0.1) is 5.56 Å². The van der Waals surface area contributed by atoms with Gasteiger partial charge in [-0.3, -0.25) is 9.78 Å². The van der Waals surface area contributed by atoms with Crippen molar-refractivity contribution in [2.24, 2.45) is 0 Å². The van der Waals surface area contributed by atoms with E-state index < -0.39 is 27.7 Å². The summed E-state index contributed by atoms with van der Waals surface area (Å²) >= 11 is 0.828. The lowest BCUT2D eigenvalue weighted by atomic mass is 10.2. The summed E-state index contributed by atoms with van der Waals surface area (Å²) in [6, 6.07) is 5.84. The highest BCUT2D eigenvalue weighted by Gasteiger charge is 2.30. The van der Waals surface area contributed by atoms with Crippen LogP contribution in [-0.4, -0.2) is 19.3 Å². The number of halogens is 3. The first kappa shape index (κ1) is 18.3. The zero-order chi connectivity index (χ0) is 18.0. The second kappa shape index (κ2) is 6.81. The predicted octanol–water partition coefficient (Wildman–Crippen LogP) is 3.08. The van der Waals surface area contributed by atoms with E-state index in [0.29, 0.717) is 0 Å². The zero-order valence-corrected chi connectivity index (χ0v) is 13.8. The fourth-order valence-electron chi connectivity index (χ4n) is 1.76. The van der Waals surface area contributed by atoms with E-state index in [2.05, 4.69) is 4.98 Å². The van der Waals surface area contributed by atoms with Crippen LogP contribution in [0.4, 0.5) is 13.2 Å². The standard InChI is InChI=1S/C14H11F3N2O3S2/c1-9(20)19-24(21,22)13-8-18-6-5-12(13)23-11-4-2-3-10(7-11)14(15,16)17/h2-8H,1H3,(H,19,20). The first-order valence-corrected chi connectivity index (χ1v) is 8.72. The second-order valence-electron chi connectivity index (χ2n) is 4.61. The number of sulfonamides is 1. The molecular formula is C14H11F3N2O3S2. The Morgan fingerprint density at radius 1 is 1.25 bits per heavy atom. The topological polar surface area (TPSA) is 76.1 Å². The van der Waals surface area contributed by atoms with E-state index in [0.717, 1.165) is 37.0 Å². The number of carbonyl (C=O) groups is 1. The van der Waals surface area contributed by atoms with Crippen LogP contribution in [0.3, 0.4) is 0 Å². The summed E-state index contributed by atoms with van der Waals surface area (Å²) in [6.07, 6.45) is -2.16. The van der Waals surface area contributed by atoms with Crippen LogP contribution in [0.1, 0.15) is 12.5 Å². The van der Waals surface area contributed by atoms with Gasteiger partial charge in [-0.1, -0.05) is 17.8 Å². The largest absolute Gasteiger partial charge is 0.416 e. The Labute approximate surface area is 140 Å². The minimum Gasteiger partial charge on any atom is -0.274 e. The molecule has 10 heteroatoms. The van der Waals surface area contributed by atoms with Gasteiger partial charge in [-0.25, -0.2) is 13.1 Å². The Hall–Kier alpha value is -2.07. The van der Waals surface area contributed by atoms with E-state index in [1.807, 2.05) is 0 Å². The number of amides is 1. The molecule has 0 aliphatic rings. The number of carbonyl (C=O) groups excluding carboxylic acids is 1. The Kier molecular flexibility index (Phi) is 5.19. The molecule has 0 radical (unpaired) electrons. The number of rotatable bonds is 4. The fourth-order valence-corrected chi connectivity index (χ4v) is 4.10. The van der Waals surface area contributed by atoms with Crippen LogP contribution in [0.25, 0.3) is 0 Å². The van der Waals surface area contributed by atoms with Crippen LogP contribution in [0.2, 0.25) is 0 Å². The van der Waals surface area contributed by atoms with Crippen LogP contribution in [0, 0.1) is 0 Å². The number of pyridine rings is 1. The summed E-state index contributed by atoms with van der Waals surface area (Å²) < 4.78 is 64.3. The lowest BCUT2D eigenvalue weighted by Crippen LogP contribution is -2.28. The molecule has 0 saturated carbocycles. The van der Waals surface area contributed by atoms with Crippen molar-refractivity contribution in [1.29, 1.82) is 0 Å². The Morgan fingerprint density at radius 2 is 1.96 bits per heavy atom. The third kappa shape index (κ3) is 4.48. The van der Waals surface area contributed by atoms with Crippen molar-refractivity contribution in [1.82, 2.24) is 9.71 Å². The molecule has 0 aliphatic carbocycles. The maximum absolute atomic E-state index is 12.8. The van der Waals surface area contributed by atoms with Gasteiger partial charge in [0.25, 0.3) is 10.0 Å². The summed E-state index contributed by atoms with van der Waals surface area (Å²) in [5.41, 5.74) is -0.840. The molecule has 1 aromatic heterocycles. The molecule has 1 amide bonds. The van der Waals surface area contributed by atoms with Gasteiger partial charge in [-0.15, -0.1) is 0 Å². The van der Waals surface area contributed by atoms with Gasteiger partial charge in [0.2, 0.25) is 5.91 Å². The SMILES string of the molecule is CC(=O)NS(=O)(=O)c1cnccc1Sc1cccc(C(F)(F)F)c1. The van der Waals surface area contributed by atoms with Crippen molar-refractivity contribution >= 4 is 27.7 Å². The van der Waals surface area contributed by atoms with Crippen molar-refractivity contribution in [2.45, 2.75) is 27.8 Å². The molecule has 0 spiro atoms. The molecule has 0 saturated heterocycles. The molecule has 1 N–H and O–H groups in total. The van der Waals surface area contributed by atoms with Crippen LogP contribution in [0.15, 0.2) is 57.4 Å². The highest BCUT2D eigenvalue weighted by molar-refractivity contribution is 8.00. The number of hydrogen-bond donors (Lipinski definition) is 1. The van der Waals surface area contributed by atoms with Crippen molar-refractivity contribution in [3.8, 4) is 0 Å². The number of nitrogens with one attached hydrogen (secondary N) is 1.